The molecule has 1 aromatic carbocycles. The number of ether oxygens (including phenoxy) is 2. The van der Waals surface area contributed by atoms with Crippen LogP contribution in [0.4, 0.5) is 5.69 Å². The molecule has 1 aliphatic heterocycles. The average Bonchev–Trinajstić information content (AvgIpc) is 2.72. The van der Waals surface area contributed by atoms with E-state index in [1.165, 1.54) is 34.3 Å². The molecule has 0 bridgehead atoms. The third-order valence-electron chi connectivity index (χ3n) is 4.89. The second kappa shape index (κ2) is 9.88. The number of carbonyl (C=O) groups is 3. The van der Waals surface area contributed by atoms with Gasteiger partial charge in [-0.25, -0.2) is 9.59 Å². The van der Waals surface area contributed by atoms with Crippen LogP contribution in [0.1, 0.15) is 39.2 Å². The highest BCUT2D eigenvalue weighted by Crippen LogP contribution is 2.40. The number of dihydropyridines is 1. The maximum absolute atomic E-state index is 12.6. The summed E-state index contributed by atoms with van der Waals surface area (Å²) in [6.07, 6.45) is 1.28. The highest BCUT2D eigenvalue weighted by molar-refractivity contribution is 6.13. The topological polar surface area (TPSA) is 114 Å². The first kappa shape index (κ1) is 23.6. The third-order valence-corrected chi connectivity index (χ3v) is 4.89. The Hall–Kier alpha value is -3.68. The van der Waals surface area contributed by atoms with Gasteiger partial charge < -0.3 is 19.9 Å². The van der Waals surface area contributed by atoms with E-state index in [9.17, 15) is 19.5 Å². The van der Waals surface area contributed by atoms with Gasteiger partial charge in [0.2, 0.25) is 0 Å². The maximum Gasteiger partial charge on any atom is 0.336 e. The van der Waals surface area contributed by atoms with Gasteiger partial charge >= 0.3 is 11.9 Å². The lowest BCUT2D eigenvalue weighted by Crippen LogP contribution is -2.32. The number of hydrogen-bond donors (Lipinski definition) is 2. The van der Waals surface area contributed by atoms with Crippen molar-refractivity contribution in [3.63, 3.8) is 0 Å². The molecule has 1 heterocycles. The monoisotopic (exact) mass is 426 g/mol. The Balaban J connectivity index is 2.64. The molecule has 31 heavy (non-hydrogen) atoms. The van der Waals surface area contributed by atoms with Crippen LogP contribution >= 0.6 is 0 Å². The van der Waals surface area contributed by atoms with Crippen molar-refractivity contribution in [2.75, 3.05) is 14.2 Å². The minimum Gasteiger partial charge on any atom is -0.512 e. The molecule has 1 aliphatic rings. The molecule has 2 rings (SSSR count). The normalized spacial score (nSPS) is 15.5. The van der Waals surface area contributed by atoms with Gasteiger partial charge in [0.15, 0.2) is 5.78 Å². The number of nitrogens with zero attached hydrogens (tertiary/aromatic N) is 1. The van der Waals surface area contributed by atoms with Gasteiger partial charge in [-0.3, -0.25) is 9.79 Å². The number of ketones is 1. The summed E-state index contributed by atoms with van der Waals surface area (Å²) in [5, 5.41) is 12.7. The van der Waals surface area contributed by atoms with E-state index in [1.807, 2.05) is 0 Å². The van der Waals surface area contributed by atoms with E-state index >= 15 is 0 Å². The number of allylic oxidation sites excluding steroid dienone is 4. The lowest BCUT2D eigenvalue weighted by Gasteiger charge is -2.30. The molecule has 0 atom stereocenters. The van der Waals surface area contributed by atoms with Crippen LogP contribution in [0.25, 0.3) is 0 Å². The number of hydrogen-bond acceptors (Lipinski definition) is 8. The molecule has 0 amide bonds. The molecule has 0 aliphatic carbocycles. The number of benzene rings is 1. The van der Waals surface area contributed by atoms with E-state index in [1.54, 1.807) is 38.1 Å². The zero-order chi connectivity index (χ0) is 23.3. The van der Waals surface area contributed by atoms with E-state index in [4.69, 9.17) is 9.47 Å². The summed E-state index contributed by atoms with van der Waals surface area (Å²) in [5.74, 6) is -2.34. The molecule has 0 spiro atoms. The van der Waals surface area contributed by atoms with Crippen LogP contribution in [0, 0.1) is 0 Å². The number of aliphatic hydroxyl groups excluding tert-OH is 1. The maximum atomic E-state index is 12.6. The number of rotatable bonds is 6. The van der Waals surface area contributed by atoms with Crippen molar-refractivity contribution in [3.8, 4) is 0 Å². The van der Waals surface area contributed by atoms with Gasteiger partial charge in [0, 0.05) is 17.6 Å². The fraction of sp³-hybridized carbons (Fsp3) is 0.304. The summed E-state index contributed by atoms with van der Waals surface area (Å²) in [4.78, 5) is 41.1. The van der Waals surface area contributed by atoms with E-state index in [-0.39, 0.29) is 28.3 Å². The van der Waals surface area contributed by atoms with Crippen LogP contribution < -0.4 is 5.32 Å². The quantitative estimate of drug-likeness (QED) is 0.310. The Morgan fingerprint density at radius 2 is 1.58 bits per heavy atom. The predicted molar refractivity (Wildman–Crippen MR) is 116 cm³/mol. The fourth-order valence-corrected chi connectivity index (χ4v) is 3.45. The molecular formula is C23H26N2O6. The van der Waals surface area contributed by atoms with E-state index in [2.05, 4.69) is 10.3 Å². The van der Waals surface area contributed by atoms with Crippen molar-refractivity contribution in [3.05, 3.63) is 63.7 Å². The number of aliphatic hydroxyl groups is 1. The van der Waals surface area contributed by atoms with Gasteiger partial charge in [0.25, 0.3) is 0 Å². The lowest BCUT2D eigenvalue weighted by atomic mass is 9.80. The molecule has 0 aromatic heterocycles. The number of Topliss-reactive ketones (excluding diaryl/α,β-unsaturated/α-hetero) is 1. The van der Waals surface area contributed by atoms with Crippen molar-refractivity contribution in [1.82, 2.24) is 5.32 Å². The molecule has 164 valence electrons. The van der Waals surface area contributed by atoms with Gasteiger partial charge in [-0.2, -0.15) is 0 Å². The highest BCUT2D eigenvalue weighted by atomic mass is 16.5. The van der Waals surface area contributed by atoms with Gasteiger partial charge in [-0.05, 0) is 45.4 Å². The first-order valence-electron chi connectivity index (χ1n) is 9.52. The lowest BCUT2D eigenvalue weighted by molar-refractivity contribution is -0.137. The van der Waals surface area contributed by atoms with Crippen molar-refractivity contribution in [2.45, 2.75) is 33.6 Å². The Labute approximate surface area is 181 Å². The van der Waals surface area contributed by atoms with Gasteiger partial charge in [0.05, 0.1) is 42.5 Å². The molecule has 0 fully saturated rings. The van der Waals surface area contributed by atoms with Crippen molar-refractivity contribution >= 4 is 29.6 Å². The zero-order valence-electron chi connectivity index (χ0n) is 18.4. The minimum atomic E-state index is -0.737. The predicted octanol–water partition coefficient (Wildman–Crippen LogP) is 3.39. The molecule has 8 heteroatoms. The molecule has 8 nitrogen and oxygen atoms in total. The first-order chi connectivity index (χ1) is 14.6. The fourth-order valence-electron chi connectivity index (χ4n) is 3.45. The van der Waals surface area contributed by atoms with Crippen LogP contribution in [0.15, 0.2) is 63.1 Å². The summed E-state index contributed by atoms with van der Waals surface area (Å²) in [6, 6.07) is 6.89. The van der Waals surface area contributed by atoms with Gasteiger partial charge in [-0.1, -0.05) is 12.1 Å². The number of methoxy groups -OCH3 is 2. The van der Waals surface area contributed by atoms with E-state index in [0.29, 0.717) is 22.6 Å². The molecule has 0 radical (unpaired) electrons. The molecule has 2 N–H and O–H groups in total. The average molecular weight is 426 g/mol. The molecular weight excluding hydrogens is 400 g/mol. The summed E-state index contributed by atoms with van der Waals surface area (Å²) in [6.45, 7) is 6.19. The minimum absolute atomic E-state index is 0.0873. The Kier molecular flexibility index (Phi) is 7.52. The molecule has 0 saturated heterocycles. The zero-order valence-corrected chi connectivity index (χ0v) is 18.4. The second-order valence-corrected chi connectivity index (χ2v) is 7.03. The highest BCUT2D eigenvalue weighted by Gasteiger charge is 2.37. The van der Waals surface area contributed by atoms with Crippen molar-refractivity contribution in [1.29, 1.82) is 0 Å². The number of carbonyl (C=O) groups excluding carboxylic acids is 3. The van der Waals surface area contributed by atoms with Crippen LogP contribution in [-0.4, -0.2) is 43.3 Å². The Morgan fingerprint density at radius 3 is 2.03 bits per heavy atom. The van der Waals surface area contributed by atoms with Crippen LogP contribution in [0.5, 0.6) is 0 Å². The number of esters is 2. The van der Waals surface area contributed by atoms with E-state index in [0.717, 1.165) is 0 Å². The van der Waals surface area contributed by atoms with Gasteiger partial charge in [-0.15, -0.1) is 0 Å². The van der Waals surface area contributed by atoms with Crippen molar-refractivity contribution < 1.29 is 29.0 Å². The van der Waals surface area contributed by atoms with Crippen LogP contribution in [0.2, 0.25) is 0 Å². The standard InChI is InChI=1S/C23H26N2O6/c1-12-19(22(28)30-5)21(20(13(2)25-12)23(29)31-6)16-8-7-9-17(10-16)24-11-18(14(3)26)15(4)27/h7-11,21,25-26H,1-6H3/b18-14+,24-11?. The summed E-state index contributed by atoms with van der Waals surface area (Å²) < 4.78 is 9.92. The number of nitrogens with one attached hydrogen (secondary N) is 1. The van der Waals surface area contributed by atoms with E-state index < -0.39 is 17.9 Å². The summed E-state index contributed by atoms with van der Waals surface area (Å²) >= 11 is 0. The molecule has 0 unspecified atom stereocenters. The van der Waals surface area contributed by atoms with Crippen molar-refractivity contribution in [2.24, 2.45) is 4.99 Å². The molecule has 1 aromatic rings. The second-order valence-electron chi connectivity index (χ2n) is 7.03. The van der Waals surface area contributed by atoms with Crippen LogP contribution in [0.3, 0.4) is 0 Å². The van der Waals surface area contributed by atoms with Crippen LogP contribution in [-0.2, 0) is 23.9 Å². The first-order valence-corrected chi connectivity index (χ1v) is 9.52. The molecule has 0 saturated carbocycles. The summed E-state index contributed by atoms with van der Waals surface area (Å²) in [7, 11) is 2.55. The number of aliphatic imine (C=N–C) groups is 1. The van der Waals surface area contributed by atoms with Gasteiger partial charge in [0.1, 0.15) is 5.76 Å². The smallest absolute Gasteiger partial charge is 0.336 e. The Morgan fingerprint density at radius 1 is 1.03 bits per heavy atom. The summed E-state index contributed by atoms with van der Waals surface area (Å²) in [5.41, 5.74) is 2.87. The largest absolute Gasteiger partial charge is 0.512 e. The Bertz CT molecular complexity index is 1000. The SMILES string of the molecule is COC(=O)C1=C(C)NC(C)=C(C(=O)OC)C1c1cccc(N=C/C(C(C)=O)=C(/C)O)c1. The third kappa shape index (κ3) is 5.09.